The zero-order valence-electron chi connectivity index (χ0n) is 18.9. The maximum Gasteiger partial charge on any atom is 0.308 e. The van der Waals surface area contributed by atoms with Gasteiger partial charge in [0.2, 0.25) is 0 Å². The van der Waals surface area contributed by atoms with Crippen LogP contribution in [0, 0.1) is 0 Å². The van der Waals surface area contributed by atoms with Gasteiger partial charge in [-0.2, -0.15) is 0 Å². The van der Waals surface area contributed by atoms with Gasteiger partial charge in [0.25, 0.3) is 11.7 Å². The third-order valence-electron chi connectivity index (χ3n) is 5.14. The summed E-state index contributed by atoms with van der Waals surface area (Å²) in [5.41, 5.74) is 0.857. The molecule has 1 aliphatic heterocycles. The number of methoxy groups -OCH3 is 1. The molecule has 1 amide bonds. The first-order chi connectivity index (χ1) is 15.9. The number of benzene rings is 2. The number of carbonyl (C=O) groups is 3. The Hall–Kier alpha value is -3.65. The Balaban J connectivity index is 2.12. The fourth-order valence-corrected chi connectivity index (χ4v) is 3.81. The molecule has 1 heterocycles. The number of likely N-dealkylation sites (tertiary alicyclic amines) is 1. The van der Waals surface area contributed by atoms with Crippen LogP contribution >= 0.6 is 0 Å². The number of hydrogen-bond donors (Lipinski definition) is 1. The highest BCUT2D eigenvalue weighted by molar-refractivity contribution is 6.46. The van der Waals surface area contributed by atoms with Crippen LogP contribution in [-0.2, 0) is 19.1 Å². The van der Waals surface area contributed by atoms with Gasteiger partial charge in [-0.15, -0.1) is 0 Å². The summed E-state index contributed by atoms with van der Waals surface area (Å²) < 4.78 is 15.8. The molecule has 0 aliphatic carbocycles. The van der Waals surface area contributed by atoms with Crippen LogP contribution in [-0.4, -0.2) is 54.5 Å². The van der Waals surface area contributed by atoms with Gasteiger partial charge in [0.1, 0.15) is 17.3 Å². The number of ether oxygens (including phenoxy) is 3. The van der Waals surface area contributed by atoms with Gasteiger partial charge in [-0.1, -0.05) is 24.3 Å². The molecule has 1 saturated heterocycles. The van der Waals surface area contributed by atoms with Crippen molar-refractivity contribution in [3.8, 4) is 11.5 Å². The smallest absolute Gasteiger partial charge is 0.308 e. The van der Waals surface area contributed by atoms with Crippen molar-refractivity contribution in [2.75, 3.05) is 26.9 Å². The van der Waals surface area contributed by atoms with Crippen molar-refractivity contribution in [2.24, 2.45) is 0 Å². The minimum atomic E-state index is -0.854. The van der Waals surface area contributed by atoms with Crippen molar-refractivity contribution < 1.29 is 33.7 Å². The van der Waals surface area contributed by atoms with Crippen molar-refractivity contribution in [1.82, 2.24) is 4.90 Å². The van der Waals surface area contributed by atoms with Gasteiger partial charge < -0.3 is 24.2 Å². The van der Waals surface area contributed by atoms with Crippen LogP contribution in [0.2, 0.25) is 0 Å². The molecule has 0 spiro atoms. The van der Waals surface area contributed by atoms with E-state index in [1.54, 1.807) is 55.6 Å². The standard InChI is InChI=1S/C25H27NO7/c1-4-32-19-10-6-9-18(15-19)23(28)21-22(17-8-5-11-20(14-17)33-16(2)27)26(12-7-13-31-3)25(30)24(21)29/h5-6,8-11,14-15,22,28H,4,7,12-13H2,1-3H3/b23-21-. The molecule has 33 heavy (non-hydrogen) atoms. The number of hydrogen-bond acceptors (Lipinski definition) is 7. The summed E-state index contributed by atoms with van der Waals surface area (Å²) in [5.74, 6) is -1.47. The Labute approximate surface area is 192 Å². The topological polar surface area (TPSA) is 102 Å². The van der Waals surface area contributed by atoms with Crippen molar-refractivity contribution in [3.63, 3.8) is 0 Å². The maximum absolute atomic E-state index is 13.1. The van der Waals surface area contributed by atoms with E-state index in [-0.39, 0.29) is 23.6 Å². The van der Waals surface area contributed by atoms with E-state index >= 15 is 0 Å². The molecule has 1 atom stereocenters. The minimum absolute atomic E-state index is 0.0361. The third-order valence-corrected chi connectivity index (χ3v) is 5.14. The van der Waals surface area contributed by atoms with Gasteiger partial charge in [-0.3, -0.25) is 14.4 Å². The lowest BCUT2D eigenvalue weighted by Crippen LogP contribution is -2.31. The van der Waals surface area contributed by atoms with Crippen LogP contribution in [0.4, 0.5) is 0 Å². The highest BCUT2D eigenvalue weighted by atomic mass is 16.5. The van der Waals surface area contributed by atoms with Gasteiger partial charge >= 0.3 is 5.97 Å². The molecule has 174 valence electrons. The van der Waals surface area contributed by atoms with Gasteiger partial charge in [0.05, 0.1) is 18.2 Å². The van der Waals surface area contributed by atoms with E-state index in [4.69, 9.17) is 14.2 Å². The SMILES string of the molecule is CCOc1cccc(/C(O)=C2/C(=O)C(=O)N(CCCOC)C2c2cccc(OC(C)=O)c2)c1. The molecule has 0 bridgehead atoms. The van der Waals surface area contributed by atoms with Gasteiger partial charge in [-0.25, -0.2) is 0 Å². The summed E-state index contributed by atoms with van der Waals surface area (Å²) in [7, 11) is 1.56. The number of aliphatic hydroxyl groups is 1. The van der Waals surface area contributed by atoms with Gasteiger partial charge in [0.15, 0.2) is 0 Å². The zero-order valence-corrected chi connectivity index (χ0v) is 18.9. The molecule has 8 heteroatoms. The van der Waals surface area contributed by atoms with E-state index < -0.39 is 23.7 Å². The molecule has 3 rings (SSSR count). The number of aliphatic hydroxyl groups excluding tert-OH is 1. The molecule has 1 aliphatic rings. The van der Waals surface area contributed by atoms with Crippen LogP contribution in [0.15, 0.2) is 54.1 Å². The van der Waals surface area contributed by atoms with Crippen LogP contribution in [0.25, 0.3) is 5.76 Å². The van der Waals surface area contributed by atoms with Crippen LogP contribution in [0.5, 0.6) is 11.5 Å². The molecule has 1 unspecified atom stereocenters. The van der Waals surface area contributed by atoms with Gasteiger partial charge in [0, 0.05) is 32.7 Å². The van der Waals surface area contributed by atoms with E-state index in [2.05, 4.69) is 0 Å². The number of Topliss-reactive ketones (excluding diaryl/α,β-unsaturated/α-hetero) is 1. The largest absolute Gasteiger partial charge is 0.507 e. The number of carbonyl (C=O) groups excluding carboxylic acids is 3. The first-order valence-corrected chi connectivity index (χ1v) is 10.7. The zero-order chi connectivity index (χ0) is 24.0. The summed E-state index contributed by atoms with van der Waals surface area (Å²) in [6.45, 7) is 4.22. The average molecular weight is 453 g/mol. The molecular weight excluding hydrogens is 426 g/mol. The monoisotopic (exact) mass is 453 g/mol. The molecule has 0 radical (unpaired) electrons. The molecule has 1 N–H and O–H groups in total. The lowest BCUT2D eigenvalue weighted by Gasteiger charge is -2.25. The second-order valence-corrected chi connectivity index (χ2v) is 7.47. The lowest BCUT2D eigenvalue weighted by atomic mass is 9.95. The fraction of sp³-hybridized carbons (Fsp3) is 0.320. The number of esters is 1. The second kappa shape index (κ2) is 10.8. The Morgan fingerprint density at radius 1 is 1.09 bits per heavy atom. The summed E-state index contributed by atoms with van der Waals surface area (Å²) >= 11 is 0. The number of rotatable bonds is 9. The average Bonchev–Trinajstić information content (AvgIpc) is 3.04. The van der Waals surface area contributed by atoms with Crippen molar-refractivity contribution in [1.29, 1.82) is 0 Å². The van der Waals surface area contributed by atoms with E-state index in [0.717, 1.165) is 0 Å². The van der Waals surface area contributed by atoms with Crippen molar-refractivity contribution >= 4 is 23.4 Å². The maximum atomic E-state index is 13.1. The van der Waals surface area contributed by atoms with Crippen molar-refractivity contribution in [2.45, 2.75) is 26.3 Å². The Morgan fingerprint density at radius 2 is 1.82 bits per heavy atom. The van der Waals surface area contributed by atoms with Crippen LogP contribution in [0.1, 0.15) is 37.4 Å². The molecular formula is C25H27NO7. The molecule has 0 aromatic heterocycles. The second-order valence-electron chi connectivity index (χ2n) is 7.47. The van der Waals surface area contributed by atoms with Crippen LogP contribution < -0.4 is 9.47 Å². The summed E-state index contributed by atoms with van der Waals surface area (Å²) in [6.07, 6.45) is 0.503. The molecule has 0 saturated carbocycles. The minimum Gasteiger partial charge on any atom is -0.507 e. The van der Waals surface area contributed by atoms with Crippen LogP contribution in [0.3, 0.4) is 0 Å². The summed E-state index contributed by atoms with van der Waals surface area (Å²) in [6, 6.07) is 12.4. The van der Waals surface area contributed by atoms with E-state index in [9.17, 15) is 19.5 Å². The third kappa shape index (κ3) is 5.40. The number of amides is 1. The molecule has 2 aromatic carbocycles. The van der Waals surface area contributed by atoms with Crippen molar-refractivity contribution in [3.05, 3.63) is 65.2 Å². The van der Waals surface area contributed by atoms with E-state index in [1.807, 2.05) is 6.92 Å². The normalized spacial score (nSPS) is 17.3. The lowest BCUT2D eigenvalue weighted by molar-refractivity contribution is -0.140. The summed E-state index contributed by atoms with van der Waals surface area (Å²) in [4.78, 5) is 38.8. The predicted molar refractivity (Wildman–Crippen MR) is 121 cm³/mol. The summed E-state index contributed by atoms with van der Waals surface area (Å²) in [5, 5.41) is 11.2. The molecule has 2 aromatic rings. The molecule has 8 nitrogen and oxygen atoms in total. The van der Waals surface area contributed by atoms with E-state index in [0.29, 0.717) is 36.5 Å². The highest BCUT2D eigenvalue weighted by Gasteiger charge is 2.45. The Morgan fingerprint density at radius 3 is 2.52 bits per heavy atom. The van der Waals surface area contributed by atoms with E-state index in [1.165, 1.54) is 11.8 Å². The Bertz CT molecular complexity index is 1080. The first kappa shape index (κ1) is 24.0. The highest BCUT2D eigenvalue weighted by Crippen LogP contribution is 2.40. The quantitative estimate of drug-likeness (QED) is 0.155. The Kier molecular flexibility index (Phi) is 7.84. The fourth-order valence-electron chi connectivity index (χ4n) is 3.81. The van der Waals surface area contributed by atoms with Gasteiger partial charge in [-0.05, 0) is 43.2 Å². The number of ketones is 1. The first-order valence-electron chi connectivity index (χ1n) is 10.7. The molecule has 1 fully saturated rings. The predicted octanol–water partition coefficient (Wildman–Crippen LogP) is 3.47. The number of nitrogens with zero attached hydrogens (tertiary/aromatic N) is 1.